The molecule has 5 nitrogen and oxygen atoms in total. The van der Waals surface area contributed by atoms with Crippen LogP contribution in [0.3, 0.4) is 0 Å². The van der Waals surface area contributed by atoms with E-state index in [0.29, 0.717) is 5.75 Å². The average Bonchev–Trinajstić information content (AvgIpc) is 2.59. The number of nitrogens with one attached hydrogen (secondary N) is 1. The van der Waals surface area contributed by atoms with Gasteiger partial charge in [-0.25, -0.2) is 4.79 Å². The largest absolute Gasteiger partial charge is 0.496 e. The van der Waals surface area contributed by atoms with E-state index in [2.05, 4.69) is 21.2 Å². The van der Waals surface area contributed by atoms with Crippen LogP contribution in [0.1, 0.15) is 28.9 Å². The van der Waals surface area contributed by atoms with Gasteiger partial charge in [-0.2, -0.15) is 0 Å². The molecule has 6 heteroatoms. The maximum Gasteiger partial charge on any atom is 0.342 e. The molecule has 1 N–H and O–H groups in total. The van der Waals surface area contributed by atoms with Gasteiger partial charge in [0, 0.05) is 4.47 Å². The second kappa shape index (κ2) is 8.49. The standard InChI is InChI=1S/C18H18BrNO4/c1-12(13-7-3-5-9-15(13)19)20-17(21)11-24-18(22)14-8-4-6-10-16(14)23-2/h3-10,12H,11H2,1-2H3,(H,20,21)/t12-/m1/s1. The lowest BCUT2D eigenvalue weighted by Crippen LogP contribution is -2.31. The van der Waals surface area contributed by atoms with Gasteiger partial charge in [-0.05, 0) is 30.7 Å². The highest BCUT2D eigenvalue weighted by Crippen LogP contribution is 2.22. The van der Waals surface area contributed by atoms with Gasteiger partial charge in [0.05, 0.1) is 13.2 Å². The van der Waals surface area contributed by atoms with E-state index in [0.717, 1.165) is 10.0 Å². The molecule has 2 rings (SSSR count). The van der Waals surface area contributed by atoms with Crippen molar-refractivity contribution in [3.05, 3.63) is 64.1 Å². The number of esters is 1. The third-order valence-electron chi connectivity index (χ3n) is 3.41. The summed E-state index contributed by atoms with van der Waals surface area (Å²) in [6.07, 6.45) is 0. The van der Waals surface area contributed by atoms with E-state index in [9.17, 15) is 9.59 Å². The second-order valence-corrected chi connectivity index (χ2v) is 5.94. The molecule has 0 spiro atoms. The van der Waals surface area contributed by atoms with Gasteiger partial charge in [0.15, 0.2) is 6.61 Å². The maximum absolute atomic E-state index is 12.0. The Hall–Kier alpha value is -2.34. The first-order chi connectivity index (χ1) is 11.5. The van der Waals surface area contributed by atoms with Crippen LogP contribution in [0.2, 0.25) is 0 Å². The van der Waals surface area contributed by atoms with E-state index < -0.39 is 5.97 Å². The number of carbonyl (C=O) groups excluding carboxylic acids is 2. The van der Waals surface area contributed by atoms with E-state index in [1.54, 1.807) is 24.3 Å². The van der Waals surface area contributed by atoms with Crippen LogP contribution in [0.4, 0.5) is 0 Å². The lowest BCUT2D eigenvalue weighted by molar-refractivity contribution is -0.124. The van der Waals surface area contributed by atoms with Gasteiger partial charge < -0.3 is 14.8 Å². The van der Waals surface area contributed by atoms with Crippen molar-refractivity contribution in [1.29, 1.82) is 0 Å². The number of methoxy groups -OCH3 is 1. The summed E-state index contributed by atoms with van der Waals surface area (Å²) in [6.45, 7) is 1.51. The number of benzene rings is 2. The molecule has 0 aromatic heterocycles. The molecule has 126 valence electrons. The van der Waals surface area contributed by atoms with Crippen molar-refractivity contribution < 1.29 is 19.1 Å². The van der Waals surface area contributed by atoms with Gasteiger partial charge >= 0.3 is 5.97 Å². The molecule has 24 heavy (non-hydrogen) atoms. The zero-order chi connectivity index (χ0) is 17.5. The first-order valence-corrected chi connectivity index (χ1v) is 8.16. The minimum atomic E-state index is -0.601. The Bertz CT molecular complexity index is 732. The van der Waals surface area contributed by atoms with Crippen LogP contribution < -0.4 is 10.1 Å². The summed E-state index contributed by atoms with van der Waals surface area (Å²) in [5, 5.41) is 2.80. The molecule has 0 unspecified atom stereocenters. The molecule has 1 amide bonds. The fraction of sp³-hybridized carbons (Fsp3) is 0.222. The molecule has 0 bridgehead atoms. The van der Waals surface area contributed by atoms with Crippen LogP contribution in [-0.4, -0.2) is 25.6 Å². The molecule has 2 aromatic carbocycles. The highest BCUT2D eigenvalue weighted by atomic mass is 79.9. The number of ether oxygens (including phenoxy) is 2. The van der Waals surface area contributed by atoms with Gasteiger partial charge in [-0.3, -0.25) is 4.79 Å². The normalized spacial score (nSPS) is 11.5. The SMILES string of the molecule is COc1ccccc1C(=O)OCC(=O)N[C@H](C)c1ccccc1Br. The summed E-state index contributed by atoms with van der Waals surface area (Å²) in [6, 6.07) is 14.1. The van der Waals surface area contributed by atoms with Crippen LogP contribution in [0, 0.1) is 0 Å². The second-order valence-electron chi connectivity index (χ2n) is 5.09. The number of carbonyl (C=O) groups is 2. The molecule has 0 radical (unpaired) electrons. The Morgan fingerprint density at radius 2 is 1.79 bits per heavy atom. The number of hydrogen-bond donors (Lipinski definition) is 1. The maximum atomic E-state index is 12.0. The van der Waals surface area contributed by atoms with Gasteiger partial charge in [0.25, 0.3) is 5.91 Å². The predicted molar refractivity (Wildman–Crippen MR) is 94.0 cm³/mol. The van der Waals surface area contributed by atoms with Crippen molar-refractivity contribution in [1.82, 2.24) is 5.32 Å². The average molecular weight is 392 g/mol. The van der Waals surface area contributed by atoms with Gasteiger partial charge in [0.1, 0.15) is 11.3 Å². The molecular weight excluding hydrogens is 374 g/mol. The Morgan fingerprint density at radius 1 is 1.12 bits per heavy atom. The topological polar surface area (TPSA) is 64.6 Å². The van der Waals surface area contributed by atoms with Gasteiger partial charge in [-0.15, -0.1) is 0 Å². The lowest BCUT2D eigenvalue weighted by Gasteiger charge is -2.16. The summed E-state index contributed by atoms with van der Waals surface area (Å²) in [5.41, 5.74) is 1.23. The highest BCUT2D eigenvalue weighted by Gasteiger charge is 2.16. The number of rotatable bonds is 6. The quantitative estimate of drug-likeness (QED) is 0.765. The fourth-order valence-corrected chi connectivity index (χ4v) is 2.84. The fourth-order valence-electron chi connectivity index (χ4n) is 2.21. The Labute approximate surface area is 149 Å². The summed E-state index contributed by atoms with van der Waals surface area (Å²) in [7, 11) is 1.47. The van der Waals surface area contributed by atoms with Crippen LogP contribution >= 0.6 is 15.9 Å². The zero-order valence-electron chi connectivity index (χ0n) is 13.4. The Kier molecular flexibility index (Phi) is 6.37. The number of para-hydroxylation sites is 1. The number of halogens is 1. The highest BCUT2D eigenvalue weighted by molar-refractivity contribution is 9.10. The van der Waals surface area contributed by atoms with Gasteiger partial charge in [0.2, 0.25) is 0 Å². The lowest BCUT2D eigenvalue weighted by atomic mass is 10.1. The summed E-state index contributed by atoms with van der Waals surface area (Å²) < 4.78 is 11.1. The van der Waals surface area contributed by atoms with Gasteiger partial charge in [-0.1, -0.05) is 46.3 Å². The van der Waals surface area contributed by atoms with Crippen molar-refractivity contribution in [2.45, 2.75) is 13.0 Å². The van der Waals surface area contributed by atoms with Crippen molar-refractivity contribution in [3.63, 3.8) is 0 Å². The van der Waals surface area contributed by atoms with E-state index in [-0.39, 0.29) is 24.1 Å². The molecule has 0 heterocycles. The van der Waals surface area contributed by atoms with Crippen LogP contribution in [0.5, 0.6) is 5.75 Å². The molecule has 0 fully saturated rings. The van der Waals surface area contributed by atoms with Crippen molar-refractivity contribution in [2.75, 3.05) is 13.7 Å². The molecule has 0 aliphatic carbocycles. The Balaban J connectivity index is 1.91. The van der Waals surface area contributed by atoms with Crippen LogP contribution in [0.25, 0.3) is 0 Å². The van der Waals surface area contributed by atoms with E-state index in [1.807, 2.05) is 31.2 Å². The van der Waals surface area contributed by atoms with Crippen LogP contribution in [0.15, 0.2) is 53.0 Å². The molecule has 1 atom stereocenters. The molecule has 0 saturated heterocycles. The van der Waals surface area contributed by atoms with Crippen molar-refractivity contribution in [3.8, 4) is 5.75 Å². The molecule has 0 aliphatic rings. The van der Waals surface area contributed by atoms with Crippen molar-refractivity contribution >= 4 is 27.8 Å². The van der Waals surface area contributed by atoms with E-state index in [4.69, 9.17) is 9.47 Å². The smallest absolute Gasteiger partial charge is 0.342 e. The first kappa shape index (κ1) is 18.0. The summed E-state index contributed by atoms with van der Waals surface area (Å²) in [4.78, 5) is 24.0. The first-order valence-electron chi connectivity index (χ1n) is 7.37. The number of hydrogen-bond acceptors (Lipinski definition) is 4. The monoisotopic (exact) mass is 391 g/mol. The van der Waals surface area contributed by atoms with Crippen molar-refractivity contribution in [2.24, 2.45) is 0 Å². The minimum absolute atomic E-state index is 0.210. The minimum Gasteiger partial charge on any atom is -0.496 e. The van der Waals surface area contributed by atoms with E-state index in [1.165, 1.54) is 7.11 Å². The van der Waals surface area contributed by atoms with Crippen LogP contribution in [-0.2, 0) is 9.53 Å². The third kappa shape index (κ3) is 4.58. The molecular formula is C18H18BrNO4. The third-order valence-corrected chi connectivity index (χ3v) is 4.13. The molecule has 0 saturated carbocycles. The number of amides is 1. The molecule has 0 aliphatic heterocycles. The Morgan fingerprint density at radius 3 is 2.50 bits per heavy atom. The zero-order valence-corrected chi connectivity index (χ0v) is 15.0. The molecule has 2 aromatic rings. The summed E-state index contributed by atoms with van der Waals surface area (Å²) in [5.74, 6) is -0.567. The predicted octanol–water partition coefficient (Wildman–Crippen LogP) is 3.49. The van der Waals surface area contributed by atoms with E-state index >= 15 is 0 Å². The summed E-state index contributed by atoms with van der Waals surface area (Å²) >= 11 is 3.44.